The lowest BCUT2D eigenvalue weighted by Crippen LogP contribution is -2.25. The maximum atomic E-state index is 15.6. The van der Waals surface area contributed by atoms with Gasteiger partial charge >= 0.3 is 11.9 Å². The minimum absolute atomic E-state index is 0.158. The van der Waals surface area contributed by atoms with Crippen molar-refractivity contribution in [3.05, 3.63) is 83.5 Å². The number of carbonyl (C=O) groups is 2. The van der Waals surface area contributed by atoms with Gasteiger partial charge in [-0.05, 0) is 91.0 Å². The van der Waals surface area contributed by atoms with Crippen molar-refractivity contribution in [3.63, 3.8) is 0 Å². The number of esters is 2. The van der Waals surface area contributed by atoms with Gasteiger partial charge < -0.3 is 19.7 Å². The van der Waals surface area contributed by atoms with Crippen LogP contribution in [0.25, 0.3) is 11.1 Å². The fourth-order valence-corrected chi connectivity index (χ4v) is 7.50. The maximum Gasteiger partial charge on any atom is 0.335 e. The maximum absolute atomic E-state index is 15.6. The van der Waals surface area contributed by atoms with Crippen molar-refractivity contribution in [2.75, 3.05) is 26.4 Å². The van der Waals surface area contributed by atoms with E-state index in [9.17, 15) is 9.59 Å². The first kappa shape index (κ1) is 37.5. The zero-order valence-electron chi connectivity index (χ0n) is 28.4. The number of ether oxygens (including phenoxy) is 2. The van der Waals surface area contributed by atoms with E-state index in [-0.39, 0.29) is 41.7 Å². The van der Waals surface area contributed by atoms with Gasteiger partial charge in [0.25, 0.3) is 0 Å². The number of hydrogen-bond donors (Lipinski definition) is 2. The molecule has 4 rings (SSSR count). The smallest absolute Gasteiger partial charge is 0.335 e. The molecule has 0 heterocycles. The summed E-state index contributed by atoms with van der Waals surface area (Å²) in [5.74, 6) is -0.747. The van der Waals surface area contributed by atoms with E-state index in [1.165, 1.54) is 69.6 Å². The average Bonchev–Trinajstić information content (AvgIpc) is 3.11. The Balaban J connectivity index is 1.38. The third-order valence-electron chi connectivity index (χ3n) is 10.6. The van der Waals surface area contributed by atoms with Crippen LogP contribution in [0.15, 0.2) is 60.7 Å². The molecule has 0 unspecified atom stereocenters. The summed E-state index contributed by atoms with van der Waals surface area (Å²) in [5.41, 5.74) is 1.39. The van der Waals surface area contributed by atoms with Crippen LogP contribution >= 0.6 is 0 Å². The number of aliphatic hydroxyl groups excluding tert-OH is 2. The molecule has 0 aliphatic heterocycles. The Morgan fingerprint density at radius 3 is 1.90 bits per heavy atom. The first-order valence-electron chi connectivity index (χ1n) is 17.7. The lowest BCUT2D eigenvalue weighted by atomic mass is 9.68. The Bertz CT molecular complexity index is 1370. The zero-order valence-corrected chi connectivity index (χ0v) is 28.4. The first-order chi connectivity index (χ1) is 23.1. The van der Waals surface area contributed by atoms with Crippen molar-refractivity contribution in [1.29, 1.82) is 0 Å². The van der Waals surface area contributed by atoms with Crippen molar-refractivity contribution in [1.82, 2.24) is 0 Å². The van der Waals surface area contributed by atoms with Crippen molar-refractivity contribution in [3.8, 4) is 11.1 Å². The zero-order chi connectivity index (χ0) is 34.6. The monoisotopic (exact) mass is 666 g/mol. The van der Waals surface area contributed by atoms with Gasteiger partial charge in [-0.1, -0.05) is 82.9 Å². The summed E-state index contributed by atoms with van der Waals surface area (Å²) in [7, 11) is 0. The molecule has 0 amide bonds. The minimum atomic E-state index is -0.838. The second-order valence-electron chi connectivity index (χ2n) is 13.8. The Kier molecular flexibility index (Phi) is 14.4. The van der Waals surface area contributed by atoms with E-state index in [4.69, 9.17) is 19.7 Å². The van der Waals surface area contributed by atoms with Crippen LogP contribution < -0.4 is 0 Å². The molecule has 0 bridgehead atoms. The van der Waals surface area contributed by atoms with E-state index in [0.29, 0.717) is 16.7 Å². The normalized spacial score (nSPS) is 21.1. The average molecular weight is 667 g/mol. The molecule has 0 aromatic heterocycles. The summed E-state index contributed by atoms with van der Waals surface area (Å²) >= 11 is 0. The van der Waals surface area contributed by atoms with Gasteiger partial charge in [-0.3, -0.25) is 0 Å². The number of rotatable bonds is 16. The summed E-state index contributed by atoms with van der Waals surface area (Å²) in [6.07, 6.45) is 15.0. The van der Waals surface area contributed by atoms with Crippen LogP contribution in [0.5, 0.6) is 0 Å². The molecule has 2 aromatic rings. The Morgan fingerprint density at radius 2 is 1.38 bits per heavy atom. The number of carbonyl (C=O) groups excluding carboxylic acids is 2. The molecule has 0 spiro atoms. The predicted octanol–water partition coefficient (Wildman–Crippen LogP) is 8.56. The Hall–Kier alpha value is -3.36. The molecule has 0 atom stereocenters. The quantitative estimate of drug-likeness (QED) is 0.106. The minimum Gasteiger partial charge on any atom is -0.461 e. The second kappa shape index (κ2) is 18.4. The highest BCUT2D eigenvalue weighted by Crippen LogP contribution is 2.45. The first-order valence-corrected chi connectivity index (χ1v) is 17.7. The van der Waals surface area contributed by atoms with E-state index >= 15 is 8.78 Å². The molecule has 2 aliphatic rings. The summed E-state index contributed by atoms with van der Waals surface area (Å²) in [6.45, 7) is 7.36. The SMILES string of the molecule is C=C(CO)C(=O)OCC(COC(=O)C(=C)CO)c1ccc(-c2ccc(C3CCC(C4CCC(CCCCC)CC4)CC3)c(F)c2)c(F)c1. The van der Waals surface area contributed by atoms with Crippen molar-refractivity contribution in [2.45, 2.75) is 95.8 Å². The molecule has 262 valence electrons. The number of aliphatic hydroxyl groups is 2. The van der Waals surface area contributed by atoms with Crippen LogP contribution in [-0.2, 0) is 19.1 Å². The van der Waals surface area contributed by atoms with Crippen LogP contribution in [0.1, 0.15) is 107 Å². The Labute approximate surface area is 284 Å². The number of unbranched alkanes of at least 4 members (excludes halogenated alkanes) is 2. The van der Waals surface area contributed by atoms with Gasteiger partial charge in [0.15, 0.2) is 0 Å². The standard InChI is InChI=1S/C40H52F2O6/c1-4-5-6-7-28-8-10-29(11-9-28)30-12-14-31(15-13-30)35-19-17-33(21-38(35)42)36-18-16-32(20-37(36)41)34(24-47-39(45)26(2)22-43)25-48-40(46)27(3)23-44/h16-21,28-31,34,43-44H,2-15,22-25H2,1H3. The predicted molar refractivity (Wildman–Crippen MR) is 183 cm³/mol. The molecule has 0 radical (unpaired) electrons. The lowest BCUT2D eigenvalue weighted by molar-refractivity contribution is -0.142. The van der Waals surface area contributed by atoms with Gasteiger partial charge in [0.1, 0.15) is 24.8 Å². The number of halogens is 2. The highest BCUT2D eigenvalue weighted by molar-refractivity contribution is 5.88. The second-order valence-corrected chi connectivity index (χ2v) is 13.8. The van der Waals surface area contributed by atoms with E-state index in [1.807, 2.05) is 0 Å². The molecule has 2 N–H and O–H groups in total. The molecule has 6 nitrogen and oxygen atoms in total. The summed E-state index contributed by atoms with van der Waals surface area (Å²) in [5, 5.41) is 18.3. The largest absolute Gasteiger partial charge is 0.461 e. The summed E-state index contributed by atoms with van der Waals surface area (Å²) in [6, 6.07) is 9.35. The van der Waals surface area contributed by atoms with Gasteiger partial charge in [-0.25, -0.2) is 18.4 Å². The van der Waals surface area contributed by atoms with Crippen LogP contribution in [0.3, 0.4) is 0 Å². The van der Waals surface area contributed by atoms with Crippen molar-refractivity contribution < 1.29 is 38.1 Å². The van der Waals surface area contributed by atoms with Gasteiger partial charge in [0.2, 0.25) is 0 Å². The van der Waals surface area contributed by atoms with Gasteiger partial charge in [-0.15, -0.1) is 0 Å². The number of benzene rings is 2. The van der Waals surface area contributed by atoms with Crippen LogP contribution in [0.4, 0.5) is 8.78 Å². The molecule has 2 aliphatic carbocycles. The van der Waals surface area contributed by atoms with E-state index in [2.05, 4.69) is 20.1 Å². The van der Waals surface area contributed by atoms with E-state index in [0.717, 1.165) is 43.4 Å². The molecule has 8 heteroatoms. The van der Waals surface area contributed by atoms with Crippen molar-refractivity contribution >= 4 is 11.9 Å². The topological polar surface area (TPSA) is 93.1 Å². The molecule has 0 saturated heterocycles. The van der Waals surface area contributed by atoms with Gasteiger partial charge in [-0.2, -0.15) is 0 Å². The lowest BCUT2D eigenvalue weighted by Gasteiger charge is -2.38. The third kappa shape index (κ3) is 10.1. The highest BCUT2D eigenvalue weighted by atomic mass is 19.1. The molecular formula is C40H52F2O6. The van der Waals surface area contributed by atoms with Gasteiger partial charge in [0, 0.05) is 5.56 Å². The molecule has 2 saturated carbocycles. The molecule has 2 aromatic carbocycles. The fraction of sp³-hybridized carbons (Fsp3) is 0.550. The van der Waals surface area contributed by atoms with E-state index < -0.39 is 36.9 Å². The third-order valence-corrected chi connectivity index (χ3v) is 10.6. The van der Waals surface area contributed by atoms with Gasteiger partial charge in [0.05, 0.1) is 30.3 Å². The molecular weight excluding hydrogens is 614 g/mol. The summed E-state index contributed by atoms with van der Waals surface area (Å²) in [4.78, 5) is 24.1. The Morgan fingerprint density at radius 1 is 0.792 bits per heavy atom. The van der Waals surface area contributed by atoms with Crippen LogP contribution in [0, 0.1) is 29.4 Å². The van der Waals surface area contributed by atoms with Crippen LogP contribution in [-0.4, -0.2) is 48.6 Å². The van der Waals surface area contributed by atoms with E-state index in [1.54, 1.807) is 18.2 Å². The van der Waals surface area contributed by atoms with Crippen molar-refractivity contribution in [2.24, 2.45) is 17.8 Å². The molecule has 2 fully saturated rings. The summed E-state index contributed by atoms with van der Waals surface area (Å²) < 4.78 is 41.5. The van der Waals surface area contributed by atoms with Crippen LogP contribution in [0.2, 0.25) is 0 Å². The highest BCUT2D eigenvalue weighted by Gasteiger charge is 2.32. The number of hydrogen-bond acceptors (Lipinski definition) is 6. The molecule has 48 heavy (non-hydrogen) atoms. The fourth-order valence-electron chi connectivity index (χ4n) is 7.50.